The van der Waals surface area contributed by atoms with E-state index in [-0.39, 0.29) is 17.7 Å². The van der Waals surface area contributed by atoms with Crippen LogP contribution in [0.15, 0.2) is 24.3 Å². The zero-order valence-electron chi connectivity index (χ0n) is 11.0. The van der Waals surface area contributed by atoms with Crippen molar-refractivity contribution < 1.29 is 14.3 Å². The van der Waals surface area contributed by atoms with Crippen LogP contribution < -0.4 is 5.73 Å². The fourth-order valence-corrected chi connectivity index (χ4v) is 2.45. The van der Waals surface area contributed by atoms with Gasteiger partial charge in [0.25, 0.3) is 0 Å². The highest BCUT2D eigenvalue weighted by Crippen LogP contribution is 2.36. The topological polar surface area (TPSA) is 63.3 Å². The van der Waals surface area contributed by atoms with E-state index >= 15 is 0 Å². The minimum atomic E-state index is -1.33. The number of nitrogens with two attached hydrogens (primary N) is 1. The first kappa shape index (κ1) is 14.6. The Morgan fingerprint density at radius 3 is 2.22 bits per heavy atom. The van der Waals surface area contributed by atoms with E-state index in [0.29, 0.717) is 6.42 Å². The Labute approximate surface area is 107 Å². The van der Waals surface area contributed by atoms with Crippen LogP contribution in [0.1, 0.15) is 38.7 Å². The molecule has 3 nitrogen and oxygen atoms in total. The van der Waals surface area contributed by atoms with E-state index in [9.17, 15) is 14.3 Å². The second-order valence-corrected chi connectivity index (χ2v) is 4.97. The van der Waals surface area contributed by atoms with Gasteiger partial charge in [-0.2, -0.15) is 0 Å². The van der Waals surface area contributed by atoms with Gasteiger partial charge in [0.05, 0.1) is 0 Å². The first-order valence-electron chi connectivity index (χ1n) is 6.10. The monoisotopic (exact) mass is 253 g/mol. The molecule has 0 aliphatic rings. The number of halogens is 1. The quantitative estimate of drug-likeness (QED) is 0.848. The standard InChI is InChI=1S/C14H20FNO2/c1-4-14(16,13(17)18)12(9(2)3)10-5-7-11(15)8-6-10/h5-9,12H,4,16H2,1-3H3,(H,17,18). The van der Waals surface area contributed by atoms with E-state index in [0.717, 1.165) is 5.56 Å². The van der Waals surface area contributed by atoms with Gasteiger partial charge in [0.2, 0.25) is 0 Å². The molecule has 0 aromatic heterocycles. The second-order valence-electron chi connectivity index (χ2n) is 4.97. The second kappa shape index (κ2) is 5.48. The van der Waals surface area contributed by atoms with Gasteiger partial charge in [0.15, 0.2) is 0 Å². The number of carboxylic acids is 1. The van der Waals surface area contributed by atoms with Crippen molar-refractivity contribution in [2.75, 3.05) is 0 Å². The number of carboxylic acid groups (broad SMARTS) is 1. The number of hydrogen-bond donors (Lipinski definition) is 2. The normalized spacial score (nSPS) is 16.3. The van der Waals surface area contributed by atoms with E-state index in [2.05, 4.69) is 0 Å². The summed E-state index contributed by atoms with van der Waals surface area (Å²) in [4.78, 5) is 11.4. The maximum atomic E-state index is 12.9. The Kier molecular flexibility index (Phi) is 4.46. The molecular weight excluding hydrogens is 233 g/mol. The van der Waals surface area contributed by atoms with Crippen molar-refractivity contribution in [1.82, 2.24) is 0 Å². The highest BCUT2D eigenvalue weighted by molar-refractivity contribution is 5.80. The van der Waals surface area contributed by atoms with Gasteiger partial charge < -0.3 is 10.8 Å². The van der Waals surface area contributed by atoms with E-state index in [1.165, 1.54) is 12.1 Å². The zero-order valence-corrected chi connectivity index (χ0v) is 11.0. The first-order chi connectivity index (χ1) is 8.32. The number of hydrogen-bond acceptors (Lipinski definition) is 2. The summed E-state index contributed by atoms with van der Waals surface area (Å²) < 4.78 is 12.9. The van der Waals surface area contributed by atoms with Crippen LogP contribution in [0, 0.1) is 11.7 Å². The molecular formula is C14H20FNO2. The summed E-state index contributed by atoms with van der Waals surface area (Å²) in [6.07, 6.45) is 0.322. The molecule has 4 heteroatoms. The molecule has 0 aliphatic heterocycles. The molecule has 18 heavy (non-hydrogen) atoms. The Morgan fingerprint density at radius 1 is 1.39 bits per heavy atom. The van der Waals surface area contributed by atoms with Crippen molar-refractivity contribution in [2.45, 2.75) is 38.6 Å². The SMILES string of the molecule is CCC(N)(C(=O)O)C(c1ccc(F)cc1)C(C)C. The molecule has 2 atom stereocenters. The van der Waals surface area contributed by atoms with Gasteiger partial charge in [-0.25, -0.2) is 4.39 Å². The van der Waals surface area contributed by atoms with Crippen LogP contribution >= 0.6 is 0 Å². The van der Waals surface area contributed by atoms with Crippen molar-refractivity contribution in [3.8, 4) is 0 Å². The Hall–Kier alpha value is -1.42. The molecule has 3 N–H and O–H groups in total. The van der Waals surface area contributed by atoms with Crippen molar-refractivity contribution in [3.63, 3.8) is 0 Å². The molecule has 0 saturated heterocycles. The van der Waals surface area contributed by atoms with Crippen molar-refractivity contribution in [2.24, 2.45) is 11.7 Å². The van der Waals surface area contributed by atoms with Gasteiger partial charge >= 0.3 is 5.97 Å². The molecule has 0 spiro atoms. The van der Waals surface area contributed by atoms with Crippen molar-refractivity contribution >= 4 is 5.97 Å². The summed E-state index contributed by atoms with van der Waals surface area (Å²) in [5.74, 6) is -1.65. The number of carbonyl (C=O) groups is 1. The molecule has 0 radical (unpaired) electrons. The smallest absolute Gasteiger partial charge is 0.324 e. The average Bonchev–Trinajstić information content (AvgIpc) is 2.31. The van der Waals surface area contributed by atoms with Crippen LogP contribution in [0.4, 0.5) is 4.39 Å². The highest BCUT2D eigenvalue weighted by Gasteiger charge is 2.43. The first-order valence-corrected chi connectivity index (χ1v) is 6.10. The summed E-state index contributed by atoms with van der Waals surface area (Å²) in [6.45, 7) is 5.61. The van der Waals surface area contributed by atoms with Gasteiger partial charge in [-0.05, 0) is 30.0 Å². The highest BCUT2D eigenvalue weighted by atomic mass is 19.1. The lowest BCUT2D eigenvalue weighted by Gasteiger charge is -2.36. The fraction of sp³-hybridized carbons (Fsp3) is 0.500. The predicted molar refractivity (Wildman–Crippen MR) is 68.8 cm³/mol. The molecule has 0 amide bonds. The molecule has 0 fully saturated rings. The van der Waals surface area contributed by atoms with E-state index in [1.807, 2.05) is 13.8 Å². The average molecular weight is 253 g/mol. The summed E-state index contributed by atoms with van der Waals surface area (Å²) in [5.41, 5.74) is 5.50. The van der Waals surface area contributed by atoms with Crippen LogP contribution in [0.5, 0.6) is 0 Å². The van der Waals surface area contributed by atoms with Crippen LogP contribution in [0.25, 0.3) is 0 Å². The van der Waals surface area contributed by atoms with E-state index in [4.69, 9.17) is 5.73 Å². The molecule has 0 aliphatic carbocycles. The molecule has 0 bridgehead atoms. The van der Waals surface area contributed by atoms with Gasteiger partial charge in [-0.3, -0.25) is 4.79 Å². The minimum Gasteiger partial charge on any atom is -0.480 e. The largest absolute Gasteiger partial charge is 0.480 e. The summed E-state index contributed by atoms with van der Waals surface area (Å²) in [6, 6.07) is 5.89. The number of rotatable bonds is 5. The molecule has 1 aromatic carbocycles. The molecule has 0 heterocycles. The lowest BCUT2D eigenvalue weighted by molar-refractivity contribution is -0.145. The maximum Gasteiger partial charge on any atom is 0.324 e. The van der Waals surface area contributed by atoms with Crippen LogP contribution in [-0.2, 0) is 4.79 Å². The molecule has 0 saturated carbocycles. The minimum absolute atomic E-state index is 0.0523. The van der Waals surface area contributed by atoms with Gasteiger partial charge in [0.1, 0.15) is 11.4 Å². The summed E-state index contributed by atoms with van der Waals surface area (Å²) in [5, 5.41) is 9.37. The van der Waals surface area contributed by atoms with Crippen LogP contribution in [0.2, 0.25) is 0 Å². The van der Waals surface area contributed by atoms with E-state index in [1.54, 1.807) is 19.1 Å². The summed E-state index contributed by atoms with van der Waals surface area (Å²) >= 11 is 0. The zero-order chi connectivity index (χ0) is 13.9. The van der Waals surface area contributed by atoms with Crippen LogP contribution in [0.3, 0.4) is 0 Å². The molecule has 1 rings (SSSR count). The maximum absolute atomic E-state index is 12.9. The van der Waals surface area contributed by atoms with Gasteiger partial charge in [0, 0.05) is 5.92 Å². The van der Waals surface area contributed by atoms with Crippen molar-refractivity contribution in [1.29, 1.82) is 0 Å². The van der Waals surface area contributed by atoms with Gasteiger partial charge in [-0.15, -0.1) is 0 Å². The van der Waals surface area contributed by atoms with E-state index < -0.39 is 11.5 Å². The fourth-order valence-electron chi connectivity index (χ4n) is 2.45. The Bertz CT molecular complexity index is 416. The third-order valence-electron chi connectivity index (χ3n) is 3.43. The molecule has 100 valence electrons. The third-order valence-corrected chi connectivity index (χ3v) is 3.43. The number of aliphatic carboxylic acids is 1. The molecule has 2 unspecified atom stereocenters. The Morgan fingerprint density at radius 2 is 1.89 bits per heavy atom. The van der Waals surface area contributed by atoms with Crippen LogP contribution in [-0.4, -0.2) is 16.6 Å². The lowest BCUT2D eigenvalue weighted by Crippen LogP contribution is -2.54. The molecule has 1 aromatic rings. The predicted octanol–water partition coefficient (Wildman–Crippen LogP) is 2.76. The third kappa shape index (κ3) is 2.70. The Balaban J connectivity index is 3.25. The number of benzene rings is 1. The summed E-state index contributed by atoms with van der Waals surface area (Å²) in [7, 11) is 0. The lowest BCUT2D eigenvalue weighted by atomic mass is 9.72. The van der Waals surface area contributed by atoms with Gasteiger partial charge in [-0.1, -0.05) is 32.9 Å². The van der Waals surface area contributed by atoms with Crippen molar-refractivity contribution in [3.05, 3.63) is 35.6 Å².